The third-order valence-corrected chi connectivity index (χ3v) is 3.76. The summed E-state index contributed by atoms with van der Waals surface area (Å²) in [6.45, 7) is 0. The number of carbonyl (C=O) groups is 1. The molecule has 0 spiro atoms. The maximum Gasteiger partial charge on any atom is 0.255 e. The quantitative estimate of drug-likeness (QED) is 0.880. The van der Waals surface area contributed by atoms with Crippen molar-refractivity contribution >= 4 is 23.4 Å². The zero-order chi connectivity index (χ0) is 15.9. The minimum atomic E-state index is -0.161. The Morgan fingerprint density at radius 1 is 1.05 bits per heavy atom. The standard InChI is InChI=1S/C17H19NO3S/c1-20-15-8-14(9-16(10-15)21-2)18-17(19)13-6-4-12(5-7-13)11-22-3/h4-10H,11H2,1-3H3,(H,18,19). The van der Waals surface area contributed by atoms with E-state index in [2.05, 4.69) is 11.6 Å². The van der Waals surface area contributed by atoms with Gasteiger partial charge in [-0.3, -0.25) is 4.79 Å². The van der Waals surface area contributed by atoms with Gasteiger partial charge in [0, 0.05) is 35.2 Å². The average molecular weight is 317 g/mol. The lowest BCUT2D eigenvalue weighted by atomic mass is 10.1. The van der Waals surface area contributed by atoms with Crippen molar-refractivity contribution in [2.24, 2.45) is 0 Å². The van der Waals surface area contributed by atoms with Gasteiger partial charge in [0.05, 0.1) is 14.2 Å². The zero-order valence-electron chi connectivity index (χ0n) is 12.9. The summed E-state index contributed by atoms with van der Waals surface area (Å²) in [6.07, 6.45) is 2.05. The molecule has 2 rings (SSSR count). The van der Waals surface area contributed by atoms with E-state index in [9.17, 15) is 4.79 Å². The number of thioether (sulfide) groups is 1. The Labute approximate surface area is 134 Å². The minimum absolute atomic E-state index is 0.161. The van der Waals surface area contributed by atoms with Gasteiger partial charge in [-0.05, 0) is 24.0 Å². The second kappa shape index (κ2) is 7.75. The molecule has 5 heteroatoms. The molecule has 0 radical (unpaired) electrons. The van der Waals surface area contributed by atoms with Crippen LogP contribution in [0, 0.1) is 0 Å². The molecule has 1 N–H and O–H groups in total. The van der Waals surface area contributed by atoms with E-state index in [4.69, 9.17) is 9.47 Å². The fourth-order valence-corrected chi connectivity index (χ4v) is 2.53. The normalized spacial score (nSPS) is 10.1. The summed E-state index contributed by atoms with van der Waals surface area (Å²) in [5.74, 6) is 2.04. The van der Waals surface area contributed by atoms with Gasteiger partial charge in [-0.1, -0.05) is 12.1 Å². The Bertz CT molecular complexity index is 619. The van der Waals surface area contributed by atoms with Crippen molar-refractivity contribution in [3.8, 4) is 11.5 Å². The monoisotopic (exact) mass is 317 g/mol. The Balaban J connectivity index is 2.14. The lowest BCUT2D eigenvalue weighted by Gasteiger charge is -2.10. The van der Waals surface area contributed by atoms with Gasteiger partial charge in [0.1, 0.15) is 11.5 Å². The highest BCUT2D eigenvalue weighted by molar-refractivity contribution is 7.97. The molecule has 0 fully saturated rings. The maximum absolute atomic E-state index is 12.3. The summed E-state index contributed by atoms with van der Waals surface area (Å²) < 4.78 is 10.4. The molecule has 0 aromatic heterocycles. The van der Waals surface area contributed by atoms with Gasteiger partial charge in [0.15, 0.2) is 0 Å². The van der Waals surface area contributed by atoms with E-state index in [0.717, 1.165) is 5.75 Å². The number of anilines is 1. The summed E-state index contributed by atoms with van der Waals surface area (Å²) in [6, 6.07) is 12.9. The Morgan fingerprint density at radius 2 is 1.64 bits per heavy atom. The van der Waals surface area contributed by atoms with Gasteiger partial charge in [-0.2, -0.15) is 11.8 Å². The van der Waals surface area contributed by atoms with Gasteiger partial charge in [-0.15, -0.1) is 0 Å². The van der Waals surface area contributed by atoms with Crippen LogP contribution in [0.25, 0.3) is 0 Å². The molecule has 0 aliphatic rings. The van der Waals surface area contributed by atoms with Crippen LogP contribution in [0.3, 0.4) is 0 Å². The fourth-order valence-electron chi connectivity index (χ4n) is 2.00. The van der Waals surface area contributed by atoms with Crippen molar-refractivity contribution in [1.82, 2.24) is 0 Å². The largest absolute Gasteiger partial charge is 0.497 e. The molecule has 0 aliphatic heterocycles. The van der Waals surface area contributed by atoms with Gasteiger partial charge in [0.25, 0.3) is 5.91 Å². The van der Waals surface area contributed by atoms with E-state index in [0.29, 0.717) is 22.7 Å². The first-order valence-corrected chi connectivity index (χ1v) is 8.18. The smallest absolute Gasteiger partial charge is 0.255 e. The molecule has 4 nitrogen and oxygen atoms in total. The predicted octanol–water partition coefficient (Wildman–Crippen LogP) is 3.82. The number of rotatable bonds is 6. The Kier molecular flexibility index (Phi) is 5.72. The summed E-state index contributed by atoms with van der Waals surface area (Å²) >= 11 is 1.75. The van der Waals surface area contributed by atoms with Crippen LogP contribution in [0.5, 0.6) is 11.5 Å². The second-order valence-corrected chi connectivity index (χ2v) is 5.55. The van der Waals surface area contributed by atoms with Crippen molar-refractivity contribution in [3.63, 3.8) is 0 Å². The number of carbonyl (C=O) groups excluding carboxylic acids is 1. The molecule has 116 valence electrons. The van der Waals surface area contributed by atoms with E-state index in [-0.39, 0.29) is 5.91 Å². The first-order chi connectivity index (χ1) is 10.7. The van der Waals surface area contributed by atoms with Crippen molar-refractivity contribution in [2.45, 2.75) is 5.75 Å². The van der Waals surface area contributed by atoms with Crippen LogP contribution in [0.15, 0.2) is 42.5 Å². The second-order valence-electron chi connectivity index (χ2n) is 4.69. The van der Waals surface area contributed by atoms with Crippen LogP contribution >= 0.6 is 11.8 Å². The number of hydrogen-bond acceptors (Lipinski definition) is 4. The Hall–Kier alpha value is -2.14. The molecule has 2 aromatic carbocycles. The zero-order valence-corrected chi connectivity index (χ0v) is 13.7. The average Bonchev–Trinajstić information content (AvgIpc) is 2.55. The highest BCUT2D eigenvalue weighted by atomic mass is 32.2. The molecule has 0 saturated carbocycles. The first kappa shape index (κ1) is 16.2. The van der Waals surface area contributed by atoms with E-state index in [1.165, 1.54) is 5.56 Å². The lowest BCUT2D eigenvalue weighted by Crippen LogP contribution is -2.12. The van der Waals surface area contributed by atoms with E-state index >= 15 is 0 Å². The first-order valence-electron chi connectivity index (χ1n) is 6.78. The van der Waals surface area contributed by atoms with Crippen LogP contribution in [0.4, 0.5) is 5.69 Å². The molecular weight excluding hydrogens is 298 g/mol. The number of nitrogens with one attached hydrogen (secondary N) is 1. The molecule has 0 heterocycles. The highest BCUT2D eigenvalue weighted by Gasteiger charge is 2.08. The van der Waals surface area contributed by atoms with Crippen molar-refractivity contribution in [2.75, 3.05) is 25.8 Å². The minimum Gasteiger partial charge on any atom is -0.497 e. The molecule has 0 saturated heterocycles. The molecular formula is C17H19NO3S. The number of amides is 1. The number of ether oxygens (including phenoxy) is 2. The SMILES string of the molecule is COc1cc(NC(=O)c2ccc(CSC)cc2)cc(OC)c1. The molecule has 22 heavy (non-hydrogen) atoms. The number of methoxy groups -OCH3 is 2. The highest BCUT2D eigenvalue weighted by Crippen LogP contribution is 2.26. The predicted molar refractivity (Wildman–Crippen MR) is 91.2 cm³/mol. The summed E-state index contributed by atoms with van der Waals surface area (Å²) in [5.41, 5.74) is 2.45. The summed E-state index contributed by atoms with van der Waals surface area (Å²) in [7, 11) is 3.15. The van der Waals surface area contributed by atoms with E-state index in [1.54, 1.807) is 44.2 Å². The van der Waals surface area contributed by atoms with Gasteiger partial charge >= 0.3 is 0 Å². The van der Waals surface area contributed by atoms with Gasteiger partial charge in [-0.25, -0.2) is 0 Å². The van der Waals surface area contributed by atoms with E-state index in [1.807, 2.05) is 24.3 Å². The van der Waals surface area contributed by atoms with Crippen LogP contribution in [0.1, 0.15) is 15.9 Å². The molecule has 0 unspecified atom stereocenters. The van der Waals surface area contributed by atoms with Crippen molar-refractivity contribution in [3.05, 3.63) is 53.6 Å². The molecule has 2 aromatic rings. The summed E-state index contributed by atoms with van der Waals surface area (Å²) in [4.78, 5) is 12.3. The fraction of sp³-hybridized carbons (Fsp3) is 0.235. The van der Waals surface area contributed by atoms with Crippen molar-refractivity contribution < 1.29 is 14.3 Å². The number of benzene rings is 2. The van der Waals surface area contributed by atoms with Crippen LogP contribution in [-0.4, -0.2) is 26.4 Å². The molecule has 0 bridgehead atoms. The number of hydrogen-bond donors (Lipinski definition) is 1. The lowest BCUT2D eigenvalue weighted by molar-refractivity contribution is 0.102. The third kappa shape index (κ3) is 4.18. The summed E-state index contributed by atoms with van der Waals surface area (Å²) in [5, 5.41) is 2.85. The van der Waals surface area contributed by atoms with Gasteiger partial charge < -0.3 is 14.8 Å². The molecule has 1 amide bonds. The third-order valence-electron chi connectivity index (χ3n) is 3.14. The van der Waals surface area contributed by atoms with Crippen LogP contribution in [-0.2, 0) is 5.75 Å². The van der Waals surface area contributed by atoms with E-state index < -0.39 is 0 Å². The van der Waals surface area contributed by atoms with Crippen LogP contribution in [0.2, 0.25) is 0 Å². The molecule has 0 atom stereocenters. The maximum atomic E-state index is 12.3. The van der Waals surface area contributed by atoms with Crippen molar-refractivity contribution in [1.29, 1.82) is 0 Å². The van der Waals surface area contributed by atoms with Gasteiger partial charge in [0.2, 0.25) is 0 Å². The van der Waals surface area contributed by atoms with Crippen LogP contribution < -0.4 is 14.8 Å². The Morgan fingerprint density at radius 3 is 2.14 bits per heavy atom. The molecule has 0 aliphatic carbocycles. The topological polar surface area (TPSA) is 47.6 Å².